The van der Waals surface area contributed by atoms with Gasteiger partial charge >= 0.3 is 0 Å². The molecule has 1 aliphatic heterocycles. The third-order valence-electron chi connectivity index (χ3n) is 7.51. The maximum atomic E-state index is 13.5. The highest BCUT2D eigenvalue weighted by atomic mass is 32.2. The van der Waals surface area contributed by atoms with E-state index in [1.807, 2.05) is 0 Å². The van der Waals surface area contributed by atoms with Crippen LogP contribution in [-0.2, 0) is 21.4 Å². The number of fused-ring (bicyclic) bond motifs is 1. The number of piperidine rings is 1. The smallest absolute Gasteiger partial charge is 0.263 e. The highest BCUT2D eigenvalue weighted by molar-refractivity contribution is 7.89. The molecule has 2 aromatic rings. The van der Waals surface area contributed by atoms with E-state index in [-0.39, 0.29) is 28.8 Å². The van der Waals surface area contributed by atoms with Gasteiger partial charge in [-0.3, -0.25) is 14.2 Å². The topological polar surface area (TPSA) is 101 Å². The number of hydrogen-bond donors (Lipinski definition) is 1. The zero-order valence-electron chi connectivity index (χ0n) is 19.8. The number of nitrogens with one attached hydrogen (secondary N) is 1. The second-order valence-electron chi connectivity index (χ2n) is 9.87. The number of rotatable bonds is 5. The molecule has 3 atom stereocenters. The number of carbonyl (C=O) groups excluding carboxylic acids is 1. The fraction of sp³-hybridized carbons (Fsp3) is 0.696. The van der Waals surface area contributed by atoms with Crippen LogP contribution in [0, 0.1) is 24.7 Å². The minimum absolute atomic E-state index is 0.0547. The first-order chi connectivity index (χ1) is 15.6. The summed E-state index contributed by atoms with van der Waals surface area (Å²) >= 11 is 1.21. The molecule has 3 heterocycles. The molecular weight excluding hydrogens is 460 g/mol. The number of aryl methyl sites for hydroxylation is 1. The van der Waals surface area contributed by atoms with E-state index in [0.29, 0.717) is 40.6 Å². The van der Waals surface area contributed by atoms with Gasteiger partial charge in [0.2, 0.25) is 15.9 Å². The molecule has 10 heteroatoms. The first kappa shape index (κ1) is 24.3. The summed E-state index contributed by atoms with van der Waals surface area (Å²) in [5.41, 5.74) is -0.478. The van der Waals surface area contributed by atoms with E-state index in [0.717, 1.165) is 32.1 Å². The van der Waals surface area contributed by atoms with Crippen LogP contribution in [0.1, 0.15) is 57.8 Å². The van der Waals surface area contributed by atoms with Crippen molar-refractivity contribution in [2.75, 3.05) is 13.1 Å². The standard InChI is InChI=1S/C23H34N4O4S2/c1-14-8-10-27(11-9-14)33(30,31)21-17(4)32-22-20(21)23(29)26(13-24-22)12-19(28)25-18-7-5-6-15(2)16(18)3/h13-16,18H,5-12H2,1-4H3,(H,25,28)/t15-,16+,18+/m0/s1. The van der Waals surface area contributed by atoms with E-state index in [1.54, 1.807) is 6.92 Å². The van der Waals surface area contributed by atoms with Gasteiger partial charge in [-0.25, -0.2) is 13.4 Å². The van der Waals surface area contributed by atoms with Gasteiger partial charge in [-0.1, -0.05) is 33.6 Å². The minimum Gasteiger partial charge on any atom is -0.352 e. The zero-order valence-corrected chi connectivity index (χ0v) is 21.5. The molecule has 2 fully saturated rings. The van der Waals surface area contributed by atoms with E-state index in [4.69, 9.17) is 0 Å². The van der Waals surface area contributed by atoms with Gasteiger partial charge in [0.1, 0.15) is 16.3 Å². The third-order valence-corrected chi connectivity index (χ3v) is 10.7. The van der Waals surface area contributed by atoms with Crippen molar-refractivity contribution < 1.29 is 13.2 Å². The average Bonchev–Trinajstić information content (AvgIpc) is 3.11. The fourth-order valence-electron chi connectivity index (χ4n) is 5.08. The molecule has 0 radical (unpaired) electrons. The molecule has 0 aromatic carbocycles. The second-order valence-corrected chi connectivity index (χ2v) is 13.0. The van der Waals surface area contributed by atoms with Gasteiger partial charge in [0, 0.05) is 24.0 Å². The Bertz CT molecular complexity index is 1190. The Kier molecular flexibility index (Phi) is 6.98. The van der Waals surface area contributed by atoms with Crippen molar-refractivity contribution in [3.8, 4) is 0 Å². The van der Waals surface area contributed by atoms with Crippen LogP contribution < -0.4 is 10.9 Å². The van der Waals surface area contributed by atoms with Crippen molar-refractivity contribution in [1.82, 2.24) is 19.2 Å². The largest absolute Gasteiger partial charge is 0.352 e. The van der Waals surface area contributed by atoms with Gasteiger partial charge in [-0.05, 0) is 43.9 Å². The second kappa shape index (κ2) is 9.46. The van der Waals surface area contributed by atoms with E-state index in [2.05, 4.69) is 31.1 Å². The van der Waals surface area contributed by atoms with Gasteiger partial charge in [0.05, 0.1) is 11.7 Å². The average molecular weight is 495 g/mol. The van der Waals surface area contributed by atoms with Crippen molar-refractivity contribution in [1.29, 1.82) is 0 Å². The van der Waals surface area contributed by atoms with Gasteiger partial charge in [-0.2, -0.15) is 4.31 Å². The lowest BCUT2D eigenvalue weighted by atomic mass is 9.78. The van der Waals surface area contributed by atoms with Crippen LogP contribution in [0.25, 0.3) is 10.2 Å². The SMILES string of the molecule is Cc1sc2ncn(CC(=O)N[C@@H]3CCC[C@H](C)[C@H]3C)c(=O)c2c1S(=O)(=O)N1CCC(C)CC1. The van der Waals surface area contributed by atoms with Gasteiger partial charge in [0.15, 0.2) is 0 Å². The summed E-state index contributed by atoms with van der Waals surface area (Å²) in [6.07, 6.45) is 6.14. The van der Waals surface area contributed by atoms with Gasteiger partial charge in [0.25, 0.3) is 5.56 Å². The Morgan fingerprint density at radius 1 is 1.18 bits per heavy atom. The predicted octanol–water partition coefficient (Wildman–Crippen LogP) is 3.13. The minimum atomic E-state index is -3.81. The number of nitrogens with zero attached hydrogens (tertiary/aromatic N) is 3. The molecule has 182 valence electrons. The Hall–Kier alpha value is -1.78. The number of sulfonamides is 1. The van der Waals surface area contributed by atoms with Crippen LogP contribution in [0.15, 0.2) is 16.0 Å². The van der Waals surface area contributed by atoms with Crippen molar-refractivity contribution in [2.45, 2.75) is 77.3 Å². The van der Waals surface area contributed by atoms with Crippen LogP contribution in [0.2, 0.25) is 0 Å². The molecule has 1 aliphatic carbocycles. The lowest BCUT2D eigenvalue weighted by Gasteiger charge is -2.34. The third kappa shape index (κ3) is 4.74. The molecule has 1 saturated heterocycles. The first-order valence-electron chi connectivity index (χ1n) is 11.9. The zero-order chi connectivity index (χ0) is 23.9. The van der Waals surface area contributed by atoms with Crippen LogP contribution in [0.5, 0.6) is 0 Å². The van der Waals surface area contributed by atoms with E-state index in [1.165, 1.54) is 26.5 Å². The van der Waals surface area contributed by atoms with Gasteiger partial charge in [-0.15, -0.1) is 11.3 Å². The molecule has 33 heavy (non-hydrogen) atoms. The van der Waals surface area contributed by atoms with Gasteiger partial charge < -0.3 is 5.32 Å². The maximum absolute atomic E-state index is 13.5. The number of thiophene rings is 1. The van der Waals surface area contributed by atoms with Crippen molar-refractivity contribution >= 4 is 37.5 Å². The summed E-state index contributed by atoms with van der Waals surface area (Å²) in [7, 11) is -3.81. The number of hydrogen-bond acceptors (Lipinski definition) is 6. The normalized spacial score (nSPS) is 25.4. The summed E-state index contributed by atoms with van der Waals surface area (Å²) < 4.78 is 29.7. The summed E-state index contributed by atoms with van der Waals surface area (Å²) in [5, 5.41) is 3.18. The molecule has 1 saturated carbocycles. The number of amides is 1. The predicted molar refractivity (Wildman–Crippen MR) is 130 cm³/mol. The summed E-state index contributed by atoms with van der Waals surface area (Å²) in [4.78, 5) is 31.5. The number of carbonyl (C=O) groups is 1. The highest BCUT2D eigenvalue weighted by Crippen LogP contribution is 2.34. The van der Waals surface area contributed by atoms with E-state index in [9.17, 15) is 18.0 Å². The van der Waals surface area contributed by atoms with Crippen molar-refractivity contribution in [3.63, 3.8) is 0 Å². The molecule has 4 rings (SSSR count). The van der Waals surface area contributed by atoms with Crippen LogP contribution >= 0.6 is 11.3 Å². The first-order valence-corrected chi connectivity index (χ1v) is 14.1. The maximum Gasteiger partial charge on any atom is 0.263 e. The summed E-state index contributed by atoms with van der Waals surface area (Å²) in [6.45, 7) is 8.93. The van der Waals surface area contributed by atoms with E-state index < -0.39 is 15.6 Å². The molecular formula is C23H34N4O4S2. The Morgan fingerprint density at radius 2 is 1.88 bits per heavy atom. The Balaban J connectivity index is 1.62. The molecule has 1 N–H and O–H groups in total. The van der Waals surface area contributed by atoms with Crippen LogP contribution in [0.4, 0.5) is 0 Å². The molecule has 2 aromatic heterocycles. The molecule has 0 spiro atoms. The Morgan fingerprint density at radius 3 is 2.58 bits per heavy atom. The van der Waals surface area contributed by atoms with Crippen molar-refractivity contribution in [3.05, 3.63) is 21.6 Å². The van der Waals surface area contributed by atoms with Crippen LogP contribution in [-0.4, -0.2) is 47.3 Å². The lowest BCUT2D eigenvalue weighted by Crippen LogP contribution is -2.45. The van der Waals surface area contributed by atoms with Crippen molar-refractivity contribution in [2.24, 2.45) is 17.8 Å². The summed E-state index contributed by atoms with van der Waals surface area (Å²) in [5.74, 6) is 1.17. The molecule has 0 unspecified atom stereocenters. The van der Waals surface area contributed by atoms with Crippen LogP contribution in [0.3, 0.4) is 0 Å². The fourth-order valence-corrected chi connectivity index (χ4v) is 8.22. The Labute approximate surface area is 199 Å². The monoisotopic (exact) mass is 494 g/mol. The molecule has 8 nitrogen and oxygen atoms in total. The molecule has 1 amide bonds. The number of aromatic nitrogens is 2. The lowest BCUT2D eigenvalue weighted by molar-refractivity contribution is -0.123. The summed E-state index contributed by atoms with van der Waals surface area (Å²) in [6, 6.07) is 0.0921. The molecule has 0 bridgehead atoms. The molecule has 2 aliphatic rings. The highest BCUT2D eigenvalue weighted by Gasteiger charge is 2.34. The quantitative estimate of drug-likeness (QED) is 0.688. The van der Waals surface area contributed by atoms with E-state index >= 15 is 0 Å².